The summed E-state index contributed by atoms with van der Waals surface area (Å²) in [5.74, 6) is 0. The molecular weight excluding hydrogens is 765 g/mol. The fraction of sp³-hybridized carbons (Fsp3) is 0. The first-order valence-corrected chi connectivity index (χ1v) is 21.2. The highest BCUT2D eigenvalue weighted by Crippen LogP contribution is 2.47. The number of para-hydroxylation sites is 1. The van der Waals surface area contributed by atoms with Crippen molar-refractivity contribution < 1.29 is 0 Å². The van der Waals surface area contributed by atoms with Gasteiger partial charge in [0, 0.05) is 40.0 Å². The third-order valence-corrected chi connectivity index (χ3v) is 13.0. The normalized spacial score (nSPS) is 11.8. The third-order valence-electron chi connectivity index (χ3n) is 13.0. The highest BCUT2D eigenvalue weighted by atomic mass is 15.0. The van der Waals surface area contributed by atoms with E-state index in [0.717, 1.165) is 61.1 Å². The molecule has 4 nitrogen and oxygen atoms in total. The lowest BCUT2D eigenvalue weighted by molar-refractivity contribution is 1.18. The van der Waals surface area contributed by atoms with Crippen molar-refractivity contribution in [3.63, 3.8) is 0 Å². The van der Waals surface area contributed by atoms with Crippen molar-refractivity contribution in [2.24, 2.45) is 0 Å². The second-order valence-electron chi connectivity index (χ2n) is 16.4. The van der Waals surface area contributed by atoms with Crippen molar-refractivity contribution >= 4 is 70.6 Å². The van der Waals surface area contributed by atoms with Crippen LogP contribution in [0.25, 0.3) is 131 Å². The lowest BCUT2D eigenvalue weighted by atomic mass is 9.86. The van der Waals surface area contributed by atoms with E-state index in [2.05, 4.69) is 173 Å². The molecule has 0 fully saturated rings. The highest BCUT2D eigenvalue weighted by Gasteiger charge is 2.21. The van der Waals surface area contributed by atoms with E-state index < -0.39 is 0 Å². The molecule has 0 radical (unpaired) electrons. The molecule has 0 saturated heterocycles. The van der Waals surface area contributed by atoms with Gasteiger partial charge in [-0.2, -0.15) is 0 Å². The van der Waals surface area contributed by atoms with E-state index in [1.54, 1.807) is 0 Å². The fourth-order valence-electron chi connectivity index (χ4n) is 10.3. The molecule has 13 aromatic rings. The third kappa shape index (κ3) is 5.34. The van der Waals surface area contributed by atoms with Crippen LogP contribution in [0.1, 0.15) is 0 Å². The number of rotatable bonds is 6. The molecule has 10 aromatic carbocycles. The minimum Gasteiger partial charge on any atom is -0.309 e. The average molecular weight is 799 g/mol. The van der Waals surface area contributed by atoms with Crippen molar-refractivity contribution in [3.8, 4) is 61.6 Å². The molecule has 0 atom stereocenters. The molecule has 0 saturated carbocycles. The number of hydrogen-bond acceptors (Lipinski definition) is 2. The first-order chi connectivity index (χ1) is 31.2. The van der Waals surface area contributed by atoms with Gasteiger partial charge in [0.1, 0.15) is 0 Å². The number of hydrogen-bond donors (Lipinski definition) is 0. The van der Waals surface area contributed by atoms with Crippen LogP contribution in [-0.4, -0.2) is 14.5 Å². The van der Waals surface area contributed by atoms with E-state index in [0.29, 0.717) is 5.69 Å². The molecular formula is C59H34N4. The molecule has 0 aliphatic rings. The van der Waals surface area contributed by atoms with Gasteiger partial charge in [-0.25, -0.2) is 4.85 Å². The van der Waals surface area contributed by atoms with E-state index in [1.165, 1.54) is 65.3 Å². The number of nitrogens with zero attached hydrogens (tertiary/aromatic N) is 4. The summed E-state index contributed by atoms with van der Waals surface area (Å²) in [5.41, 5.74) is 15.0. The zero-order valence-corrected chi connectivity index (χ0v) is 33.9. The maximum Gasteiger partial charge on any atom is 0.195 e. The predicted molar refractivity (Wildman–Crippen MR) is 262 cm³/mol. The summed E-state index contributed by atoms with van der Waals surface area (Å²) < 4.78 is 2.34. The number of benzene rings is 10. The molecule has 3 heterocycles. The van der Waals surface area contributed by atoms with Crippen LogP contribution in [0.4, 0.5) is 5.69 Å². The quantitative estimate of drug-likeness (QED) is 0.124. The lowest BCUT2D eigenvalue weighted by Gasteiger charge is -2.18. The molecule has 0 aliphatic carbocycles. The van der Waals surface area contributed by atoms with Crippen LogP contribution in [0, 0.1) is 6.57 Å². The standard InChI is InChI=1S/C59H34N4/c1-60-53-27-29-55-59-50(53)25-24-49-45(26-28-54(58(49)59)63(55)43-12-3-2-4-13-43)39-11-9-10-38(32-39)44-20-16-36-19-23-48-46(21-17-37-18-22-47(44)56(36)57(37)48)40-33-41(51-14-5-7-30-61-51)35-42(34-40)52-15-6-8-31-62-52/h2-35H. The van der Waals surface area contributed by atoms with Gasteiger partial charge in [-0.1, -0.05) is 121 Å². The van der Waals surface area contributed by atoms with Gasteiger partial charge in [-0.05, 0) is 149 Å². The Kier molecular flexibility index (Phi) is 7.63. The second kappa shape index (κ2) is 13.7. The maximum absolute atomic E-state index is 7.98. The van der Waals surface area contributed by atoms with E-state index in [4.69, 9.17) is 16.5 Å². The molecule has 0 spiro atoms. The molecule has 3 aromatic heterocycles. The summed E-state index contributed by atoms with van der Waals surface area (Å²) in [6, 6.07) is 69.6. The summed E-state index contributed by atoms with van der Waals surface area (Å²) in [7, 11) is 0. The van der Waals surface area contributed by atoms with Gasteiger partial charge < -0.3 is 4.57 Å². The van der Waals surface area contributed by atoms with Crippen LogP contribution in [-0.2, 0) is 0 Å². The van der Waals surface area contributed by atoms with E-state index in [-0.39, 0.29) is 0 Å². The van der Waals surface area contributed by atoms with Crippen molar-refractivity contribution in [1.82, 2.24) is 14.5 Å². The molecule has 63 heavy (non-hydrogen) atoms. The summed E-state index contributed by atoms with van der Waals surface area (Å²) in [6.45, 7) is 7.98. The Morgan fingerprint density at radius 3 is 1.44 bits per heavy atom. The van der Waals surface area contributed by atoms with Gasteiger partial charge in [0.15, 0.2) is 5.69 Å². The van der Waals surface area contributed by atoms with Crippen LogP contribution in [0.3, 0.4) is 0 Å². The van der Waals surface area contributed by atoms with Crippen LogP contribution in [0.5, 0.6) is 0 Å². The van der Waals surface area contributed by atoms with Crippen molar-refractivity contribution in [1.29, 1.82) is 0 Å². The SMILES string of the molecule is [C-]#[N+]c1ccc2c3c1ccc1c(-c4cccc(-c5ccc6ccc7c(-c8cc(-c9ccccn9)cc(-c9ccccn9)c8)ccc8ccc5c6c87)c4)ccc(c13)n2-c1ccccc1. The van der Waals surface area contributed by atoms with Gasteiger partial charge >= 0.3 is 0 Å². The zero-order chi connectivity index (χ0) is 41.6. The number of aromatic nitrogens is 3. The lowest BCUT2D eigenvalue weighted by Crippen LogP contribution is -1.93. The molecule has 0 N–H and O–H groups in total. The summed E-state index contributed by atoms with van der Waals surface area (Å²) in [4.78, 5) is 13.4. The van der Waals surface area contributed by atoms with Gasteiger partial charge in [0.05, 0.1) is 29.0 Å². The van der Waals surface area contributed by atoms with Crippen molar-refractivity contribution in [2.45, 2.75) is 0 Å². The highest BCUT2D eigenvalue weighted by molar-refractivity contribution is 6.29. The van der Waals surface area contributed by atoms with Crippen LogP contribution in [0.2, 0.25) is 0 Å². The molecule has 0 amide bonds. The van der Waals surface area contributed by atoms with Crippen LogP contribution >= 0.6 is 0 Å². The molecule has 290 valence electrons. The molecule has 0 bridgehead atoms. The van der Waals surface area contributed by atoms with Gasteiger partial charge in [-0.15, -0.1) is 0 Å². The Morgan fingerprint density at radius 1 is 0.365 bits per heavy atom. The molecule has 4 heteroatoms. The summed E-state index contributed by atoms with van der Waals surface area (Å²) >= 11 is 0. The smallest absolute Gasteiger partial charge is 0.195 e. The fourth-order valence-corrected chi connectivity index (χ4v) is 10.3. The van der Waals surface area contributed by atoms with Gasteiger partial charge in [0.2, 0.25) is 0 Å². The minimum atomic E-state index is 0.678. The maximum atomic E-state index is 7.98. The van der Waals surface area contributed by atoms with Crippen LogP contribution in [0.15, 0.2) is 207 Å². The zero-order valence-electron chi connectivity index (χ0n) is 33.9. The molecule has 0 unspecified atom stereocenters. The van der Waals surface area contributed by atoms with Gasteiger partial charge in [0.25, 0.3) is 0 Å². The Labute approximate surface area is 363 Å². The topological polar surface area (TPSA) is 35.1 Å². The first kappa shape index (κ1) is 35.1. The van der Waals surface area contributed by atoms with E-state index in [9.17, 15) is 0 Å². The van der Waals surface area contributed by atoms with Crippen molar-refractivity contribution in [2.75, 3.05) is 0 Å². The molecule has 0 aliphatic heterocycles. The molecule has 13 rings (SSSR count). The minimum absolute atomic E-state index is 0.678. The van der Waals surface area contributed by atoms with Crippen molar-refractivity contribution in [3.05, 3.63) is 218 Å². The second-order valence-corrected chi connectivity index (χ2v) is 16.4. The average Bonchev–Trinajstić information content (AvgIpc) is 3.70. The Balaban J connectivity index is 0.983. The van der Waals surface area contributed by atoms with Gasteiger partial charge in [-0.3, -0.25) is 9.97 Å². The summed E-state index contributed by atoms with van der Waals surface area (Å²) in [6.07, 6.45) is 3.70. The summed E-state index contributed by atoms with van der Waals surface area (Å²) in [5, 5.41) is 11.9. The largest absolute Gasteiger partial charge is 0.309 e. The van der Waals surface area contributed by atoms with E-state index in [1.807, 2.05) is 42.7 Å². The Bertz CT molecular complexity index is 3900. The Morgan fingerprint density at radius 2 is 0.841 bits per heavy atom. The first-order valence-electron chi connectivity index (χ1n) is 21.2. The Hall–Kier alpha value is -8.65. The number of pyridine rings is 2. The van der Waals surface area contributed by atoms with Crippen LogP contribution < -0.4 is 0 Å². The predicted octanol–water partition coefficient (Wildman–Crippen LogP) is 15.9. The monoisotopic (exact) mass is 798 g/mol. The van der Waals surface area contributed by atoms with E-state index >= 15 is 0 Å².